The molecule has 5 rings (SSSR count). The number of aromatic nitrogens is 1. The van der Waals surface area contributed by atoms with Crippen LogP contribution < -0.4 is 14.5 Å². The van der Waals surface area contributed by atoms with Gasteiger partial charge in [0.05, 0.1) is 17.3 Å². The number of amides is 1. The molecular weight excluding hydrogens is 420 g/mol. The van der Waals surface area contributed by atoms with Gasteiger partial charge in [-0.2, -0.15) is 0 Å². The molecule has 0 unspecified atom stereocenters. The van der Waals surface area contributed by atoms with Gasteiger partial charge in [-0.1, -0.05) is 23.5 Å². The average molecular weight is 451 g/mol. The van der Waals surface area contributed by atoms with Crippen molar-refractivity contribution in [2.75, 3.05) is 56.2 Å². The third-order valence-corrected chi connectivity index (χ3v) is 7.74. The van der Waals surface area contributed by atoms with Crippen molar-refractivity contribution < 1.29 is 9.53 Å². The first-order valence-electron chi connectivity index (χ1n) is 11.4. The van der Waals surface area contributed by atoms with Crippen molar-refractivity contribution in [3.8, 4) is 5.75 Å². The lowest BCUT2D eigenvalue weighted by molar-refractivity contribution is -0.136. The van der Waals surface area contributed by atoms with E-state index >= 15 is 0 Å². The standard InChI is InChI=1S/C25H30N4O2S/c1-18-4-3-5-20(16-18)27-12-14-28(15-13-27)24(30)19-8-10-29(11-9-19)25-26-22-7-6-21(31-2)17-23(22)32-25/h3-7,16-17,19H,8-15H2,1-2H3. The predicted molar refractivity (Wildman–Crippen MR) is 131 cm³/mol. The van der Waals surface area contributed by atoms with Crippen molar-refractivity contribution in [3.63, 3.8) is 0 Å². The Balaban J connectivity index is 1.16. The van der Waals surface area contributed by atoms with E-state index in [0.717, 1.165) is 73.2 Å². The molecule has 0 saturated carbocycles. The molecule has 2 saturated heterocycles. The summed E-state index contributed by atoms with van der Waals surface area (Å²) in [6.07, 6.45) is 1.80. The summed E-state index contributed by atoms with van der Waals surface area (Å²) in [6.45, 7) is 7.33. The number of anilines is 2. The zero-order valence-corrected chi connectivity index (χ0v) is 19.6. The third kappa shape index (κ3) is 4.26. The number of nitrogens with zero attached hydrogens (tertiary/aromatic N) is 4. The summed E-state index contributed by atoms with van der Waals surface area (Å²) >= 11 is 1.70. The van der Waals surface area contributed by atoms with E-state index in [4.69, 9.17) is 9.72 Å². The minimum atomic E-state index is 0.131. The molecule has 0 aliphatic carbocycles. The molecule has 2 aromatic carbocycles. The Labute approximate surface area is 193 Å². The van der Waals surface area contributed by atoms with Crippen molar-refractivity contribution in [1.82, 2.24) is 9.88 Å². The maximum atomic E-state index is 13.2. The van der Waals surface area contributed by atoms with E-state index < -0.39 is 0 Å². The van der Waals surface area contributed by atoms with Crippen molar-refractivity contribution in [2.24, 2.45) is 5.92 Å². The van der Waals surface area contributed by atoms with Crippen molar-refractivity contribution in [1.29, 1.82) is 0 Å². The van der Waals surface area contributed by atoms with Gasteiger partial charge in [0, 0.05) is 50.9 Å². The zero-order chi connectivity index (χ0) is 22.1. The highest BCUT2D eigenvalue weighted by Crippen LogP contribution is 2.33. The second-order valence-electron chi connectivity index (χ2n) is 8.74. The molecule has 2 fully saturated rings. The predicted octanol–water partition coefficient (Wildman–Crippen LogP) is 4.18. The summed E-state index contributed by atoms with van der Waals surface area (Å²) in [6, 6.07) is 14.6. The molecule has 0 radical (unpaired) electrons. The van der Waals surface area contributed by atoms with Gasteiger partial charge >= 0.3 is 0 Å². The first kappa shape index (κ1) is 21.1. The molecule has 3 heterocycles. The molecular formula is C25H30N4O2S. The Morgan fingerprint density at radius 3 is 2.50 bits per heavy atom. The molecule has 32 heavy (non-hydrogen) atoms. The van der Waals surface area contributed by atoms with Gasteiger partial charge in [-0.3, -0.25) is 4.79 Å². The molecule has 0 bridgehead atoms. The second-order valence-corrected chi connectivity index (χ2v) is 9.75. The number of benzene rings is 2. The lowest BCUT2D eigenvalue weighted by Gasteiger charge is -2.39. The molecule has 0 atom stereocenters. The van der Waals surface area contributed by atoms with Crippen LogP contribution in [0.1, 0.15) is 18.4 Å². The number of fused-ring (bicyclic) bond motifs is 1. The number of hydrogen-bond acceptors (Lipinski definition) is 6. The number of ether oxygens (including phenoxy) is 1. The van der Waals surface area contributed by atoms with Crippen LogP contribution in [0.2, 0.25) is 0 Å². The van der Waals surface area contributed by atoms with E-state index in [1.165, 1.54) is 11.3 Å². The molecule has 6 nitrogen and oxygen atoms in total. The normalized spacial score (nSPS) is 17.8. The molecule has 2 aliphatic heterocycles. The minimum absolute atomic E-state index is 0.131. The number of thiazole rings is 1. The topological polar surface area (TPSA) is 48.9 Å². The number of methoxy groups -OCH3 is 1. The van der Waals surface area contributed by atoms with Crippen LogP contribution in [0.5, 0.6) is 5.75 Å². The summed E-state index contributed by atoms with van der Waals surface area (Å²) in [5.41, 5.74) is 3.55. The third-order valence-electron chi connectivity index (χ3n) is 6.66. The SMILES string of the molecule is COc1ccc2nc(N3CCC(C(=O)N4CCN(c5cccc(C)c5)CC4)CC3)sc2c1. The number of piperazine rings is 1. The fraction of sp³-hybridized carbons (Fsp3) is 0.440. The number of piperidine rings is 1. The van der Waals surface area contributed by atoms with Gasteiger partial charge in [-0.05, 0) is 55.7 Å². The maximum absolute atomic E-state index is 13.2. The highest BCUT2D eigenvalue weighted by molar-refractivity contribution is 7.22. The Morgan fingerprint density at radius 1 is 1.00 bits per heavy atom. The van der Waals surface area contributed by atoms with Gasteiger partial charge in [-0.15, -0.1) is 0 Å². The first-order valence-corrected chi connectivity index (χ1v) is 12.2. The second kappa shape index (κ2) is 8.98. The molecule has 1 amide bonds. The van der Waals surface area contributed by atoms with Crippen molar-refractivity contribution >= 4 is 38.3 Å². The van der Waals surface area contributed by atoms with Gasteiger partial charge in [0.1, 0.15) is 5.75 Å². The number of aryl methyl sites for hydroxylation is 1. The largest absolute Gasteiger partial charge is 0.497 e. The van der Waals surface area contributed by atoms with Crippen LogP contribution in [0.3, 0.4) is 0 Å². The Kier molecular flexibility index (Phi) is 5.91. The van der Waals surface area contributed by atoms with E-state index in [9.17, 15) is 4.79 Å². The van der Waals surface area contributed by atoms with Crippen LogP contribution >= 0.6 is 11.3 Å². The highest BCUT2D eigenvalue weighted by atomic mass is 32.1. The fourth-order valence-electron chi connectivity index (χ4n) is 4.74. The fourth-order valence-corrected chi connectivity index (χ4v) is 5.79. The van der Waals surface area contributed by atoms with E-state index in [2.05, 4.69) is 45.9 Å². The van der Waals surface area contributed by atoms with Gasteiger partial charge in [0.25, 0.3) is 0 Å². The van der Waals surface area contributed by atoms with Gasteiger partial charge in [0.2, 0.25) is 5.91 Å². The van der Waals surface area contributed by atoms with Crippen LogP contribution in [0.25, 0.3) is 10.2 Å². The summed E-state index contributed by atoms with van der Waals surface area (Å²) in [5.74, 6) is 1.33. The van der Waals surface area contributed by atoms with Crippen molar-refractivity contribution in [2.45, 2.75) is 19.8 Å². The van der Waals surface area contributed by atoms with Gasteiger partial charge in [0.15, 0.2) is 5.13 Å². The quantitative estimate of drug-likeness (QED) is 0.597. The summed E-state index contributed by atoms with van der Waals surface area (Å²) in [5, 5.41) is 1.05. The van der Waals surface area contributed by atoms with Gasteiger partial charge < -0.3 is 19.4 Å². The van der Waals surface area contributed by atoms with E-state index in [-0.39, 0.29) is 5.92 Å². The molecule has 1 aromatic heterocycles. The van der Waals surface area contributed by atoms with Crippen LogP contribution in [-0.4, -0.2) is 62.2 Å². The smallest absolute Gasteiger partial charge is 0.225 e. The molecule has 3 aromatic rings. The summed E-state index contributed by atoms with van der Waals surface area (Å²) in [4.78, 5) is 24.8. The Hall–Kier alpha value is -2.80. The highest BCUT2D eigenvalue weighted by Gasteiger charge is 2.31. The van der Waals surface area contributed by atoms with Gasteiger partial charge in [-0.25, -0.2) is 4.98 Å². The number of carbonyl (C=O) groups is 1. The minimum Gasteiger partial charge on any atom is -0.497 e. The average Bonchev–Trinajstić information content (AvgIpc) is 3.27. The first-order chi connectivity index (χ1) is 15.6. The van der Waals surface area contributed by atoms with Crippen LogP contribution in [-0.2, 0) is 4.79 Å². The molecule has 0 N–H and O–H groups in total. The summed E-state index contributed by atoms with van der Waals surface area (Å²) in [7, 11) is 1.69. The zero-order valence-electron chi connectivity index (χ0n) is 18.8. The molecule has 7 heteroatoms. The van der Waals surface area contributed by atoms with E-state index in [1.807, 2.05) is 18.2 Å². The summed E-state index contributed by atoms with van der Waals surface area (Å²) < 4.78 is 6.47. The Bertz CT molecular complexity index is 1100. The Morgan fingerprint density at radius 2 is 1.78 bits per heavy atom. The molecule has 0 spiro atoms. The van der Waals surface area contributed by atoms with E-state index in [0.29, 0.717) is 5.91 Å². The van der Waals surface area contributed by atoms with E-state index in [1.54, 1.807) is 18.4 Å². The van der Waals surface area contributed by atoms with Crippen LogP contribution in [0, 0.1) is 12.8 Å². The molecule has 168 valence electrons. The number of hydrogen-bond donors (Lipinski definition) is 0. The van der Waals surface area contributed by atoms with Crippen LogP contribution in [0.4, 0.5) is 10.8 Å². The molecule has 2 aliphatic rings. The lowest BCUT2D eigenvalue weighted by Crippen LogP contribution is -2.51. The van der Waals surface area contributed by atoms with Crippen LogP contribution in [0.15, 0.2) is 42.5 Å². The maximum Gasteiger partial charge on any atom is 0.225 e. The number of rotatable bonds is 4. The lowest BCUT2D eigenvalue weighted by atomic mass is 9.95. The number of carbonyl (C=O) groups excluding carboxylic acids is 1. The monoisotopic (exact) mass is 450 g/mol. The van der Waals surface area contributed by atoms with Crippen molar-refractivity contribution in [3.05, 3.63) is 48.0 Å².